The van der Waals surface area contributed by atoms with Crippen molar-refractivity contribution in [2.24, 2.45) is 0 Å². The molecule has 5 nitrogen and oxygen atoms in total. The highest BCUT2D eigenvalue weighted by Gasteiger charge is 2.13. The number of ether oxygens (including phenoxy) is 1. The molecule has 0 aliphatic heterocycles. The zero-order valence-electron chi connectivity index (χ0n) is 14.5. The van der Waals surface area contributed by atoms with Crippen LogP contribution in [0.3, 0.4) is 0 Å². The lowest BCUT2D eigenvalue weighted by Crippen LogP contribution is -2.23. The van der Waals surface area contributed by atoms with Gasteiger partial charge in [-0.3, -0.25) is 9.59 Å². The van der Waals surface area contributed by atoms with E-state index in [4.69, 9.17) is 9.84 Å². The molecular weight excluding hydrogens is 338 g/mol. The van der Waals surface area contributed by atoms with Gasteiger partial charge in [0.25, 0.3) is 5.91 Å². The molecule has 1 aromatic carbocycles. The van der Waals surface area contributed by atoms with Crippen LogP contribution in [0.5, 0.6) is 5.75 Å². The molecule has 0 saturated carbocycles. The van der Waals surface area contributed by atoms with E-state index in [0.717, 1.165) is 34.6 Å². The van der Waals surface area contributed by atoms with E-state index in [1.165, 1.54) is 11.3 Å². The predicted octanol–water partition coefficient (Wildman–Crippen LogP) is 4.11. The van der Waals surface area contributed by atoms with E-state index in [2.05, 4.69) is 5.32 Å². The fourth-order valence-corrected chi connectivity index (χ4v) is 3.48. The minimum atomic E-state index is -0.774. The number of hydrogen-bond acceptors (Lipinski definition) is 4. The van der Waals surface area contributed by atoms with Crippen LogP contribution in [-0.4, -0.2) is 30.6 Å². The lowest BCUT2D eigenvalue weighted by atomic mass is 10.1. The Bertz CT molecular complexity index is 722. The monoisotopic (exact) mass is 361 g/mol. The average Bonchev–Trinajstić information content (AvgIpc) is 2.99. The van der Waals surface area contributed by atoms with Crippen LogP contribution >= 0.6 is 11.3 Å². The Labute approximate surface area is 151 Å². The molecule has 0 unspecified atom stereocenters. The highest BCUT2D eigenvalue weighted by atomic mass is 32.1. The number of carboxylic acid groups (broad SMARTS) is 1. The van der Waals surface area contributed by atoms with Crippen LogP contribution in [-0.2, 0) is 4.79 Å². The molecule has 2 aromatic rings. The summed E-state index contributed by atoms with van der Waals surface area (Å²) in [5.41, 5.74) is 2.11. The normalized spacial score (nSPS) is 10.5. The standard InChI is InChI=1S/C19H23NO4S/c1-13-16(14-7-9-15(24-2)10-8-14)12-17(25-13)19(23)20-11-5-3-4-6-18(21)22/h7-10,12H,3-6,11H2,1-2H3,(H,20,23)(H,21,22). The number of aryl methyl sites for hydroxylation is 1. The smallest absolute Gasteiger partial charge is 0.303 e. The van der Waals surface area contributed by atoms with Crippen molar-refractivity contribution < 1.29 is 19.4 Å². The van der Waals surface area contributed by atoms with Crippen molar-refractivity contribution in [3.05, 3.63) is 40.1 Å². The first-order chi connectivity index (χ1) is 12.0. The Morgan fingerprint density at radius 1 is 1.16 bits per heavy atom. The third-order valence-corrected chi connectivity index (χ3v) is 4.94. The van der Waals surface area contributed by atoms with Gasteiger partial charge in [0.15, 0.2) is 0 Å². The largest absolute Gasteiger partial charge is 0.497 e. The van der Waals surface area contributed by atoms with E-state index < -0.39 is 5.97 Å². The van der Waals surface area contributed by atoms with Gasteiger partial charge in [-0.05, 0) is 49.1 Å². The lowest BCUT2D eigenvalue weighted by Gasteiger charge is -2.03. The minimum absolute atomic E-state index is 0.0777. The first-order valence-corrected chi connectivity index (χ1v) is 9.07. The van der Waals surface area contributed by atoms with Crippen molar-refractivity contribution in [1.82, 2.24) is 5.32 Å². The summed E-state index contributed by atoms with van der Waals surface area (Å²) < 4.78 is 5.17. The van der Waals surface area contributed by atoms with E-state index in [1.54, 1.807) is 7.11 Å². The Morgan fingerprint density at radius 2 is 1.88 bits per heavy atom. The summed E-state index contributed by atoms with van der Waals surface area (Å²) in [7, 11) is 1.63. The number of carboxylic acids is 1. The molecule has 0 bridgehead atoms. The van der Waals surface area contributed by atoms with E-state index in [0.29, 0.717) is 17.8 Å². The number of methoxy groups -OCH3 is 1. The molecule has 0 spiro atoms. The van der Waals surface area contributed by atoms with Gasteiger partial charge in [-0.15, -0.1) is 11.3 Å². The number of aliphatic carboxylic acids is 1. The molecular formula is C19H23NO4S. The van der Waals surface area contributed by atoms with Gasteiger partial charge >= 0.3 is 5.97 Å². The van der Waals surface area contributed by atoms with Gasteiger partial charge in [0.1, 0.15) is 5.75 Å². The van der Waals surface area contributed by atoms with Gasteiger partial charge in [-0.2, -0.15) is 0 Å². The van der Waals surface area contributed by atoms with E-state index in [1.807, 2.05) is 37.3 Å². The minimum Gasteiger partial charge on any atom is -0.497 e. The summed E-state index contributed by atoms with van der Waals surface area (Å²) in [6.45, 7) is 2.57. The van der Waals surface area contributed by atoms with Gasteiger partial charge in [0, 0.05) is 17.8 Å². The van der Waals surface area contributed by atoms with Crippen molar-refractivity contribution in [2.75, 3.05) is 13.7 Å². The van der Waals surface area contributed by atoms with Crippen molar-refractivity contribution >= 4 is 23.2 Å². The van der Waals surface area contributed by atoms with Crippen LogP contribution < -0.4 is 10.1 Å². The van der Waals surface area contributed by atoms with Gasteiger partial charge in [-0.25, -0.2) is 0 Å². The van der Waals surface area contributed by atoms with Gasteiger partial charge in [-0.1, -0.05) is 18.6 Å². The summed E-state index contributed by atoms with van der Waals surface area (Å²) in [6.07, 6.45) is 2.41. The first-order valence-electron chi connectivity index (χ1n) is 8.26. The maximum atomic E-state index is 12.3. The SMILES string of the molecule is COc1ccc(-c2cc(C(=O)NCCCCCC(=O)O)sc2C)cc1. The quantitative estimate of drug-likeness (QED) is 0.659. The Kier molecular flexibility index (Phi) is 7.01. The number of amides is 1. The molecule has 1 amide bonds. The van der Waals surface area contributed by atoms with Crippen LogP contribution in [0.1, 0.15) is 40.2 Å². The molecule has 134 valence electrons. The first kappa shape index (κ1) is 19.0. The van der Waals surface area contributed by atoms with Crippen LogP contribution in [0.15, 0.2) is 30.3 Å². The number of unbranched alkanes of at least 4 members (excludes halogenated alkanes) is 2. The van der Waals surface area contributed by atoms with Crippen LogP contribution in [0.4, 0.5) is 0 Å². The summed E-state index contributed by atoms with van der Waals surface area (Å²) >= 11 is 1.48. The molecule has 2 rings (SSSR count). The number of carbonyl (C=O) groups is 2. The van der Waals surface area contributed by atoms with Crippen LogP contribution in [0.25, 0.3) is 11.1 Å². The zero-order valence-corrected chi connectivity index (χ0v) is 15.3. The molecule has 0 fully saturated rings. The summed E-state index contributed by atoms with van der Waals surface area (Å²) in [5.74, 6) is -0.0484. The second kappa shape index (κ2) is 9.22. The average molecular weight is 361 g/mol. The molecule has 2 N–H and O–H groups in total. The molecule has 0 saturated heterocycles. The number of benzene rings is 1. The summed E-state index contributed by atoms with van der Waals surface area (Å²) in [6, 6.07) is 9.70. The maximum absolute atomic E-state index is 12.3. The van der Waals surface area contributed by atoms with Gasteiger partial charge in [0.2, 0.25) is 0 Å². The fraction of sp³-hybridized carbons (Fsp3) is 0.368. The van der Waals surface area contributed by atoms with E-state index in [9.17, 15) is 9.59 Å². The topological polar surface area (TPSA) is 75.6 Å². The molecule has 25 heavy (non-hydrogen) atoms. The fourth-order valence-electron chi connectivity index (χ4n) is 2.52. The number of carbonyl (C=O) groups excluding carboxylic acids is 1. The van der Waals surface area contributed by atoms with Crippen molar-refractivity contribution in [3.63, 3.8) is 0 Å². The maximum Gasteiger partial charge on any atom is 0.303 e. The molecule has 1 heterocycles. The number of thiophene rings is 1. The van der Waals surface area contributed by atoms with Crippen molar-refractivity contribution in [1.29, 1.82) is 0 Å². The van der Waals surface area contributed by atoms with Crippen molar-refractivity contribution in [3.8, 4) is 16.9 Å². The van der Waals surface area contributed by atoms with Crippen LogP contribution in [0.2, 0.25) is 0 Å². The van der Waals surface area contributed by atoms with Crippen molar-refractivity contribution in [2.45, 2.75) is 32.6 Å². The number of nitrogens with one attached hydrogen (secondary N) is 1. The third-order valence-electron chi connectivity index (χ3n) is 3.90. The molecule has 0 aliphatic carbocycles. The Hall–Kier alpha value is -2.34. The van der Waals surface area contributed by atoms with E-state index >= 15 is 0 Å². The molecule has 1 aromatic heterocycles. The van der Waals surface area contributed by atoms with Gasteiger partial charge < -0.3 is 15.2 Å². The highest BCUT2D eigenvalue weighted by molar-refractivity contribution is 7.14. The summed E-state index contributed by atoms with van der Waals surface area (Å²) in [4.78, 5) is 24.5. The lowest BCUT2D eigenvalue weighted by molar-refractivity contribution is -0.137. The molecule has 6 heteroatoms. The Morgan fingerprint density at radius 3 is 2.52 bits per heavy atom. The van der Waals surface area contributed by atoms with E-state index in [-0.39, 0.29) is 12.3 Å². The van der Waals surface area contributed by atoms with Crippen LogP contribution in [0, 0.1) is 6.92 Å². The molecule has 0 atom stereocenters. The second-order valence-electron chi connectivity index (χ2n) is 5.77. The van der Waals surface area contributed by atoms with Gasteiger partial charge in [0.05, 0.1) is 12.0 Å². The highest BCUT2D eigenvalue weighted by Crippen LogP contribution is 2.31. The molecule has 0 radical (unpaired) electrons. The second-order valence-corrected chi connectivity index (χ2v) is 7.03. The predicted molar refractivity (Wildman–Crippen MR) is 99.5 cm³/mol. The third kappa shape index (κ3) is 5.60. The zero-order chi connectivity index (χ0) is 18.2. The number of rotatable bonds is 9. The molecule has 0 aliphatic rings. The summed E-state index contributed by atoms with van der Waals surface area (Å²) in [5, 5.41) is 11.5. The number of hydrogen-bond donors (Lipinski definition) is 2. The Balaban J connectivity index is 1.89.